The van der Waals surface area contributed by atoms with Gasteiger partial charge in [0.2, 0.25) is 41.4 Å². The van der Waals surface area contributed by atoms with Gasteiger partial charge in [0.05, 0.1) is 38.3 Å². The fraction of sp³-hybridized carbons (Fsp3) is 0.600. The predicted molar refractivity (Wildman–Crippen MR) is 188 cm³/mol. The number of aliphatic hydroxyl groups excluding tert-OH is 1. The summed E-state index contributed by atoms with van der Waals surface area (Å²) < 4.78 is 0. The molecule has 1 fully saturated rings. The molecule has 0 bridgehead atoms. The number of hydrogen-bond donors (Lipinski definition) is 14. The minimum Gasteiger partial charge on any atom is -0.481 e. The maximum absolute atomic E-state index is 13.8. The molecule has 0 radical (unpaired) electrons. The van der Waals surface area contributed by atoms with E-state index in [1.54, 1.807) is 0 Å². The molecule has 318 valence electrons. The minimum atomic E-state index is -2.04. The molecule has 7 atom stereocenters. The Labute approximate surface area is 322 Å². The SMILES string of the molecule is NC(=O)C[C@H](NC(=O)[C@H](CC(=O)O)NC(=O)[C@@H](N)CC(=O)O)C(=O)N[C@@H](CC(=O)O)C(=O)N[C@@H](CCCN=C(N)N)C(=O)N1CCC[C@H]1C(=O)N[C@@H](CO)C(=O)O. The second-order valence-corrected chi connectivity index (χ2v) is 12.5. The van der Waals surface area contributed by atoms with E-state index in [1.807, 2.05) is 16.0 Å². The number of amides is 7. The van der Waals surface area contributed by atoms with Crippen LogP contribution in [-0.2, 0) is 52.7 Å². The summed E-state index contributed by atoms with van der Waals surface area (Å²) in [5.74, 6) is -15.2. The van der Waals surface area contributed by atoms with E-state index in [1.165, 1.54) is 0 Å². The van der Waals surface area contributed by atoms with Crippen LogP contribution in [0.4, 0.5) is 0 Å². The first-order chi connectivity index (χ1) is 26.6. The van der Waals surface area contributed by atoms with Gasteiger partial charge in [0.25, 0.3) is 0 Å². The van der Waals surface area contributed by atoms with Crippen molar-refractivity contribution in [2.45, 2.75) is 93.7 Å². The highest BCUT2D eigenvalue weighted by molar-refractivity contribution is 6.00. The van der Waals surface area contributed by atoms with Crippen molar-refractivity contribution in [1.82, 2.24) is 31.5 Å². The van der Waals surface area contributed by atoms with Crippen LogP contribution in [0.5, 0.6) is 0 Å². The van der Waals surface area contributed by atoms with E-state index in [4.69, 9.17) is 28.0 Å². The van der Waals surface area contributed by atoms with Gasteiger partial charge in [-0.3, -0.25) is 52.9 Å². The number of carbonyl (C=O) groups is 11. The Kier molecular flexibility index (Phi) is 19.8. The van der Waals surface area contributed by atoms with E-state index in [2.05, 4.69) is 15.6 Å². The molecule has 18 N–H and O–H groups in total. The van der Waals surface area contributed by atoms with E-state index < -0.39 is 140 Å². The zero-order valence-electron chi connectivity index (χ0n) is 30.3. The minimum absolute atomic E-state index is 0.0167. The molecule has 0 saturated carbocycles. The normalized spacial score (nSPS) is 16.5. The highest BCUT2D eigenvalue weighted by Crippen LogP contribution is 2.20. The number of nitrogens with two attached hydrogens (primary N) is 4. The molecule has 7 amide bonds. The van der Waals surface area contributed by atoms with Gasteiger partial charge in [0.15, 0.2) is 5.96 Å². The number of carbonyl (C=O) groups excluding carboxylic acids is 7. The third-order valence-electron chi connectivity index (χ3n) is 7.99. The number of aliphatic carboxylic acids is 4. The fourth-order valence-corrected chi connectivity index (χ4v) is 5.27. The summed E-state index contributed by atoms with van der Waals surface area (Å²) in [6.07, 6.45) is -4.13. The van der Waals surface area contributed by atoms with Crippen LogP contribution in [-0.4, -0.2) is 164 Å². The second kappa shape index (κ2) is 23.3. The Bertz CT molecular complexity index is 1590. The van der Waals surface area contributed by atoms with Crippen LogP contribution in [0.15, 0.2) is 4.99 Å². The number of guanidine groups is 1. The number of aliphatic imine (C=N–C) groups is 1. The van der Waals surface area contributed by atoms with E-state index in [9.17, 15) is 73.2 Å². The van der Waals surface area contributed by atoms with Crippen molar-refractivity contribution >= 4 is 71.2 Å². The summed E-state index contributed by atoms with van der Waals surface area (Å²) >= 11 is 0. The van der Waals surface area contributed by atoms with Gasteiger partial charge in [0.1, 0.15) is 36.3 Å². The number of primary amides is 1. The first-order valence-corrected chi connectivity index (χ1v) is 17.0. The maximum atomic E-state index is 13.8. The van der Waals surface area contributed by atoms with Gasteiger partial charge in [0, 0.05) is 13.1 Å². The lowest BCUT2D eigenvalue weighted by Crippen LogP contribution is -2.60. The van der Waals surface area contributed by atoms with Crippen LogP contribution in [0.1, 0.15) is 51.4 Å². The second-order valence-electron chi connectivity index (χ2n) is 12.5. The van der Waals surface area contributed by atoms with Gasteiger partial charge in [-0.2, -0.15) is 0 Å². The zero-order chi connectivity index (χ0) is 43.6. The van der Waals surface area contributed by atoms with Crippen LogP contribution in [0.3, 0.4) is 0 Å². The van der Waals surface area contributed by atoms with Crippen molar-refractivity contribution in [2.24, 2.45) is 27.9 Å². The number of carboxylic acid groups (broad SMARTS) is 4. The molecule has 0 unspecified atom stereocenters. The molecular weight excluding hydrogens is 770 g/mol. The van der Waals surface area contributed by atoms with Crippen molar-refractivity contribution in [3.05, 3.63) is 0 Å². The van der Waals surface area contributed by atoms with E-state index in [0.717, 1.165) is 4.90 Å². The molecule has 0 spiro atoms. The Morgan fingerprint density at radius 1 is 0.649 bits per heavy atom. The first-order valence-electron chi connectivity index (χ1n) is 17.0. The number of hydrogen-bond acceptors (Lipinski definition) is 14. The zero-order valence-corrected chi connectivity index (χ0v) is 30.3. The summed E-state index contributed by atoms with van der Waals surface area (Å²) in [4.78, 5) is 141. The van der Waals surface area contributed by atoms with Gasteiger partial charge < -0.3 is 80.0 Å². The van der Waals surface area contributed by atoms with Crippen LogP contribution in [0.25, 0.3) is 0 Å². The Morgan fingerprint density at radius 2 is 1.12 bits per heavy atom. The van der Waals surface area contributed by atoms with Crippen LogP contribution < -0.4 is 49.5 Å². The lowest BCUT2D eigenvalue weighted by molar-refractivity contribution is -0.146. The Balaban J connectivity index is 3.38. The summed E-state index contributed by atoms with van der Waals surface area (Å²) in [6, 6.07) is -12.3. The van der Waals surface area contributed by atoms with Gasteiger partial charge in [-0.05, 0) is 25.7 Å². The topological polar surface area (TPSA) is 469 Å². The van der Waals surface area contributed by atoms with Gasteiger partial charge >= 0.3 is 23.9 Å². The van der Waals surface area contributed by atoms with Crippen molar-refractivity contribution in [3.63, 3.8) is 0 Å². The highest BCUT2D eigenvalue weighted by Gasteiger charge is 2.40. The Hall–Kier alpha value is -6.64. The molecule has 1 saturated heterocycles. The van der Waals surface area contributed by atoms with Crippen LogP contribution in [0, 0.1) is 0 Å². The standard InChI is InChI=1S/C30H47N11O16/c31-12(7-20(44)45)23(50)37-15(9-21(46)47)26(53)38-14(8-19(32)43)24(51)39-16(10-22(48)49)25(52)36-13(3-1-5-35-30(33)34)28(55)41-6-2-4-18(41)27(54)40-17(11-42)29(56)57/h12-18,42H,1-11,31H2,(H2,32,43)(H,36,52)(H,37,50)(H,38,53)(H,39,51)(H,40,54)(H,44,45)(H,46,47)(H,48,49)(H,56,57)(H4,33,34,35)/t12-,13-,14-,15-,16-,17-,18-/m0/s1. The summed E-state index contributed by atoms with van der Waals surface area (Å²) in [7, 11) is 0. The fourth-order valence-electron chi connectivity index (χ4n) is 5.27. The molecule has 0 aromatic carbocycles. The third kappa shape index (κ3) is 17.1. The quantitative estimate of drug-likeness (QED) is 0.0231. The maximum Gasteiger partial charge on any atom is 0.328 e. The van der Waals surface area contributed by atoms with E-state index in [0.29, 0.717) is 0 Å². The Morgan fingerprint density at radius 3 is 1.56 bits per heavy atom. The molecule has 57 heavy (non-hydrogen) atoms. The molecule has 1 aliphatic rings. The monoisotopic (exact) mass is 817 g/mol. The lowest BCUT2D eigenvalue weighted by Gasteiger charge is -2.30. The van der Waals surface area contributed by atoms with Crippen molar-refractivity contribution < 1.29 is 78.3 Å². The summed E-state index contributed by atoms with van der Waals surface area (Å²) in [6.45, 7) is -1.08. The molecular formula is C30H47N11O16. The predicted octanol–water partition coefficient (Wildman–Crippen LogP) is -7.84. The molecule has 1 heterocycles. The van der Waals surface area contributed by atoms with Crippen LogP contribution >= 0.6 is 0 Å². The number of nitrogens with one attached hydrogen (secondary N) is 5. The summed E-state index contributed by atoms with van der Waals surface area (Å²) in [5, 5.41) is 56.5. The molecule has 0 aliphatic carbocycles. The number of likely N-dealkylation sites (tertiary alicyclic amines) is 1. The first kappa shape index (κ1) is 48.4. The van der Waals surface area contributed by atoms with Crippen molar-refractivity contribution in [2.75, 3.05) is 19.7 Å². The van der Waals surface area contributed by atoms with Crippen LogP contribution in [0.2, 0.25) is 0 Å². The van der Waals surface area contributed by atoms with Gasteiger partial charge in [-0.15, -0.1) is 0 Å². The molecule has 27 nitrogen and oxygen atoms in total. The average molecular weight is 818 g/mol. The number of carboxylic acids is 4. The smallest absolute Gasteiger partial charge is 0.328 e. The molecule has 1 aliphatic heterocycles. The number of rotatable bonds is 25. The van der Waals surface area contributed by atoms with Crippen molar-refractivity contribution in [1.29, 1.82) is 0 Å². The molecule has 1 rings (SSSR count). The highest BCUT2D eigenvalue weighted by atomic mass is 16.4. The lowest BCUT2D eigenvalue weighted by atomic mass is 10.1. The van der Waals surface area contributed by atoms with E-state index in [-0.39, 0.29) is 44.7 Å². The number of nitrogens with zero attached hydrogens (tertiary/aromatic N) is 2. The average Bonchev–Trinajstić information content (AvgIpc) is 3.59. The van der Waals surface area contributed by atoms with E-state index >= 15 is 0 Å². The van der Waals surface area contributed by atoms with Crippen molar-refractivity contribution in [3.8, 4) is 0 Å². The largest absolute Gasteiger partial charge is 0.481 e. The summed E-state index contributed by atoms with van der Waals surface area (Å²) in [5.41, 5.74) is 21.3. The molecule has 0 aromatic rings. The van der Waals surface area contributed by atoms with Gasteiger partial charge in [-0.1, -0.05) is 0 Å². The number of aliphatic hydroxyl groups is 1. The molecule has 0 aromatic heterocycles. The third-order valence-corrected chi connectivity index (χ3v) is 7.99. The van der Waals surface area contributed by atoms with Gasteiger partial charge in [-0.25, -0.2) is 4.79 Å². The molecule has 27 heteroatoms.